The highest BCUT2D eigenvalue weighted by atomic mass is 16.2. The molecule has 1 aromatic rings. The third kappa shape index (κ3) is 2.59. The fourth-order valence-electron chi connectivity index (χ4n) is 1.12. The first-order chi connectivity index (χ1) is 6.63. The lowest BCUT2D eigenvalue weighted by Gasteiger charge is -2.13. The number of amides is 1. The second-order valence-corrected chi connectivity index (χ2v) is 3.11. The maximum absolute atomic E-state index is 11.2. The molecule has 0 spiro atoms. The Hall–Kier alpha value is -1.83. The minimum atomic E-state index is -0.170. The van der Waals surface area contributed by atoms with Crippen LogP contribution < -0.4 is 0 Å². The highest BCUT2D eigenvalue weighted by molar-refractivity contribution is 5.77. The van der Waals surface area contributed by atoms with Gasteiger partial charge in [0.05, 0.1) is 12.3 Å². The fourth-order valence-corrected chi connectivity index (χ4v) is 1.12. The Bertz CT molecular complexity index is 363. The monoisotopic (exact) mass is 192 g/mol. The summed E-state index contributed by atoms with van der Waals surface area (Å²) < 4.78 is 1.68. The molecule has 0 radical (unpaired) electrons. The van der Waals surface area contributed by atoms with E-state index in [9.17, 15) is 4.79 Å². The van der Waals surface area contributed by atoms with E-state index in [1.165, 1.54) is 4.90 Å². The minimum absolute atomic E-state index is 0.0727. The molecule has 0 saturated heterocycles. The topological polar surface area (TPSA) is 61.9 Å². The molecular formula is C9H12N4O. The Morgan fingerprint density at radius 1 is 1.79 bits per heavy atom. The molecule has 0 fully saturated rings. The minimum Gasteiger partial charge on any atom is -0.340 e. The van der Waals surface area contributed by atoms with Gasteiger partial charge in [0, 0.05) is 32.4 Å². The first-order valence-corrected chi connectivity index (χ1v) is 4.22. The highest BCUT2D eigenvalue weighted by Crippen LogP contribution is 2.02. The van der Waals surface area contributed by atoms with Crippen molar-refractivity contribution in [3.63, 3.8) is 0 Å². The van der Waals surface area contributed by atoms with Crippen molar-refractivity contribution in [3.8, 4) is 6.07 Å². The van der Waals surface area contributed by atoms with Gasteiger partial charge in [-0.25, -0.2) is 0 Å². The second-order valence-electron chi connectivity index (χ2n) is 3.11. The summed E-state index contributed by atoms with van der Waals surface area (Å²) in [6.45, 7) is 0.494. The summed E-state index contributed by atoms with van der Waals surface area (Å²) in [6.07, 6.45) is 3.48. The van der Waals surface area contributed by atoms with Crippen LogP contribution in [0.4, 0.5) is 0 Å². The predicted molar refractivity (Wildman–Crippen MR) is 49.9 cm³/mol. The molecule has 0 N–H and O–H groups in total. The molecule has 1 amide bonds. The molecule has 0 unspecified atom stereocenters. The van der Waals surface area contributed by atoms with Crippen molar-refractivity contribution in [3.05, 3.63) is 18.0 Å². The lowest BCUT2D eigenvalue weighted by molar-refractivity contribution is -0.129. The number of nitriles is 1. The molecule has 14 heavy (non-hydrogen) atoms. The number of aryl methyl sites for hydroxylation is 1. The highest BCUT2D eigenvalue weighted by Gasteiger charge is 2.08. The standard InChI is InChI=1S/C9H12N4O/c1-12(9(14)3-4-10)6-8-5-11-13(2)7-8/h5,7H,3,6H2,1-2H3. The summed E-state index contributed by atoms with van der Waals surface area (Å²) in [5.74, 6) is -0.170. The number of aromatic nitrogens is 2. The van der Waals surface area contributed by atoms with E-state index in [0.717, 1.165) is 5.56 Å². The Labute approximate surface area is 82.5 Å². The molecule has 0 aliphatic heterocycles. The molecule has 0 aromatic carbocycles. The average Bonchev–Trinajstić information content (AvgIpc) is 2.51. The lowest BCUT2D eigenvalue weighted by Crippen LogP contribution is -2.25. The summed E-state index contributed by atoms with van der Waals surface area (Å²) in [5.41, 5.74) is 0.960. The van der Waals surface area contributed by atoms with Crippen molar-refractivity contribution in [2.45, 2.75) is 13.0 Å². The van der Waals surface area contributed by atoms with Crippen LogP contribution in [0.2, 0.25) is 0 Å². The molecular weight excluding hydrogens is 180 g/mol. The molecule has 0 bridgehead atoms. The van der Waals surface area contributed by atoms with Gasteiger partial charge in [-0.3, -0.25) is 9.48 Å². The number of hydrogen-bond acceptors (Lipinski definition) is 3. The van der Waals surface area contributed by atoms with Crippen LogP contribution >= 0.6 is 0 Å². The van der Waals surface area contributed by atoms with E-state index in [0.29, 0.717) is 6.54 Å². The number of carbonyl (C=O) groups is 1. The number of rotatable bonds is 3. The quantitative estimate of drug-likeness (QED) is 0.691. The molecule has 5 nitrogen and oxygen atoms in total. The zero-order valence-corrected chi connectivity index (χ0v) is 8.27. The zero-order chi connectivity index (χ0) is 10.6. The molecule has 1 aromatic heterocycles. The average molecular weight is 192 g/mol. The van der Waals surface area contributed by atoms with Crippen LogP contribution in [0.25, 0.3) is 0 Å². The van der Waals surface area contributed by atoms with Crippen molar-refractivity contribution in [1.82, 2.24) is 14.7 Å². The van der Waals surface area contributed by atoms with Crippen LogP contribution in [0.15, 0.2) is 12.4 Å². The van der Waals surface area contributed by atoms with Crippen LogP contribution in [-0.2, 0) is 18.4 Å². The summed E-state index contributed by atoms with van der Waals surface area (Å²) >= 11 is 0. The fraction of sp³-hybridized carbons (Fsp3) is 0.444. The van der Waals surface area contributed by atoms with Crippen molar-refractivity contribution in [2.75, 3.05) is 7.05 Å². The van der Waals surface area contributed by atoms with Gasteiger partial charge in [0.15, 0.2) is 0 Å². The summed E-state index contributed by atoms with van der Waals surface area (Å²) in [7, 11) is 3.49. The zero-order valence-electron chi connectivity index (χ0n) is 8.27. The molecule has 0 saturated carbocycles. The number of nitrogens with zero attached hydrogens (tertiary/aromatic N) is 4. The smallest absolute Gasteiger partial charge is 0.236 e. The third-order valence-corrected chi connectivity index (χ3v) is 1.83. The van der Waals surface area contributed by atoms with Crippen LogP contribution in [0.5, 0.6) is 0 Å². The van der Waals surface area contributed by atoms with E-state index in [4.69, 9.17) is 5.26 Å². The van der Waals surface area contributed by atoms with E-state index in [-0.39, 0.29) is 12.3 Å². The Morgan fingerprint density at radius 3 is 3.00 bits per heavy atom. The van der Waals surface area contributed by atoms with E-state index < -0.39 is 0 Å². The Kier molecular flexibility index (Phi) is 3.24. The van der Waals surface area contributed by atoms with Gasteiger partial charge < -0.3 is 4.90 Å². The molecule has 1 rings (SSSR count). The van der Waals surface area contributed by atoms with E-state index in [1.54, 1.807) is 17.9 Å². The molecule has 1 heterocycles. The number of carbonyl (C=O) groups excluding carboxylic acids is 1. The summed E-state index contributed by atoms with van der Waals surface area (Å²) in [5, 5.41) is 12.3. The maximum Gasteiger partial charge on any atom is 0.236 e. The molecule has 0 atom stereocenters. The molecule has 0 aliphatic rings. The van der Waals surface area contributed by atoms with Gasteiger partial charge in [-0.05, 0) is 0 Å². The Morgan fingerprint density at radius 2 is 2.50 bits per heavy atom. The van der Waals surface area contributed by atoms with E-state index >= 15 is 0 Å². The molecule has 74 valence electrons. The maximum atomic E-state index is 11.2. The van der Waals surface area contributed by atoms with Crippen LogP contribution in [0.1, 0.15) is 12.0 Å². The van der Waals surface area contributed by atoms with Crippen LogP contribution in [0, 0.1) is 11.3 Å². The van der Waals surface area contributed by atoms with Crippen molar-refractivity contribution >= 4 is 5.91 Å². The van der Waals surface area contributed by atoms with Crippen molar-refractivity contribution < 1.29 is 4.79 Å². The van der Waals surface area contributed by atoms with Crippen molar-refractivity contribution in [2.24, 2.45) is 7.05 Å². The second kappa shape index (κ2) is 4.42. The third-order valence-electron chi connectivity index (χ3n) is 1.83. The predicted octanol–water partition coefficient (Wildman–Crippen LogP) is 0.292. The Balaban J connectivity index is 2.53. The van der Waals surface area contributed by atoms with E-state index in [2.05, 4.69) is 5.10 Å². The largest absolute Gasteiger partial charge is 0.340 e. The first kappa shape index (κ1) is 10.3. The van der Waals surface area contributed by atoms with Gasteiger partial charge in [0.1, 0.15) is 6.42 Å². The van der Waals surface area contributed by atoms with Gasteiger partial charge in [-0.2, -0.15) is 10.4 Å². The SMILES string of the molecule is CN(Cc1cnn(C)c1)C(=O)CC#N. The van der Waals surface area contributed by atoms with Crippen molar-refractivity contribution in [1.29, 1.82) is 5.26 Å². The van der Waals surface area contributed by atoms with Gasteiger partial charge in [0.2, 0.25) is 5.91 Å². The molecule has 5 heteroatoms. The normalized spacial score (nSPS) is 9.50. The number of hydrogen-bond donors (Lipinski definition) is 0. The van der Waals surface area contributed by atoms with Gasteiger partial charge >= 0.3 is 0 Å². The summed E-state index contributed by atoms with van der Waals surface area (Å²) in [6, 6.07) is 1.83. The van der Waals surface area contributed by atoms with Crippen LogP contribution in [0.3, 0.4) is 0 Å². The van der Waals surface area contributed by atoms with Gasteiger partial charge in [-0.15, -0.1) is 0 Å². The lowest BCUT2D eigenvalue weighted by atomic mass is 10.3. The van der Waals surface area contributed by atoms with Gasteiger partial charge in [-0.1, -0.05) is 0 Å². The first-order valence-electron chi connectivity index (χ1n) is 4.22. The summed E-state index contributed by atoms with van der Waals surface area (Å²) in [4.78, 5) is 12.7. The van der Waals surface area contributed by atoms with Gasteiger partial charge in [0.25, 0.3) is 0 Å². The van der Waals surface area contributed by atoms with E-state index in [1.807, 2.05) is 19.3 Å². The molecule has 0 aliphatic carbocycles. The van der Waals surface area contributed by atoms with Crippen LogP contribution in [-0.4, -0.2) is 27.6 Å².